The van der Waals surface area contributed by atoms with Crippen LogP contribution in [0.1, 0.15) is 80.3 Å². The van der Waals surface area contributed by atoms with Gasteiger partial charge >= 0.3 is 0 Å². The van der Waals surface area contributed by atoms with Crippen LogP contribution in [0.15, 0.2) is 30.6 Å². The van der Waals surface area contributed by atoms with E-state index in [2.05, 4.69) is 58.7 Å². The first kappa shape index (κ1) is 29.8. The van der Waals surface area contributed by atoms with Crippen LogP contribution < -0.4 is 21.3 Å². The molecule has 2 aliphatic rings. The number of nitrogen functional groups attached to an aromatic ring is 1. The van der Waals surface area contributed by atoms with Crippen molar-refractivity contribution < 1.29 is 9.53 Å². The molecule has 2 unspecified atom stereocenters. The molecule has 0 amide bonds. The molecule has 10 heteroatoms. The Morgan fingerprint density at radius 3 is 2.57 bits per heavy atom. The number of carbonyl (C=O) groups excluding carboxylic acids is 1. The molecule has 5 rings (SSSR count). The number of benzene rings is 1. The molecule has 4 N–H and O–H groups in total. The van der Waals surface area contributed by atoms with Gasteiger partial charge in [0.15, 0.2) is 0 Å². The summed E-state index contributed by atoms with van der Waals surface area (Å²) in [7, 11) is 0. The first-order chi connectivity index (χ1) is 20.4. The molecule has 42 heavy (non-hydrogen) atoms. The molecule has 3 aromatic rings. The Balaban J connectivity index is 1.32. The Morgan fingerprint density at radius 1 is 1.14 bits per heavy atom. The number of carbonyl (C=O) groups is 1. The van der Waals surface area contributed by atoms with Gasteiger partial charge in [0.2, 0.25) is 11.9 Å². The lowest BCUT2D eigenvalue weighted by molar-refractivity contribution is -0.119. The smallest absolute Gasteiger partial charge is 0.226 e. The summed E-state index contributed by atoms with van der Waals surface area (Å²) in [5.41, 5.74) is 19.6. The van der Waals surface area contributed by atoms with Gasteiger partial charge in [0.1, 0.15) is 5.78 Å². The Hall–Kier alpha value is -3.63. The third kappa shape index (κ3) is 6.71. The monoisotopic (exact) mass is 572 g/mol. The normalized spacial score (nSPS) is 17.5. The number of rotatable bonds is 11. The summed E-state index contributed by atoms with van der Waals surface area (Å²) < 4.78 is 5.56. The Bertz CT molecular complexity index is 1370. The summed E-state index contributed by atoms with van der Waals surface area (Å²) in [5, 5.41) is 0. The molecule has 1 aliphatic heterocycles. The van der Waals surface area contributed by atoms with Gasteiger partial charge in [-0.25, -0.2) is 19.9 Å². The van der Waals surface area contributed by atoms with Gasteiger partial charge in [-0.15, -0.1) is 0 Å². The molecule has 1 fully saturated rings. The zero-order chi connectivity index (χ0) is 29.6. The third-order valence-corrected chi connectivity index (χ3v) is 8.63. The number of morpholine rings is 1. The summed E-state index contributed by atoms with van der Waals surface area (Å²) in [6, 6.07) is 6.08. The quantitative estimate of drug-likeness (QED) is 0.341. The lowest BCUT2D eigenvalue weighted by Crippen LogP contribution is -2.38. The average molecular weight is 573 g/mol. The maximum absolute atomic E-state index is 13.2. The van der Waals surface area contributed by atoms with Crippen LogP contribution in [-0.4, -0.2) is 65.1 Å². The topological polar surface area (TPSA) is 136 Å². The van der Waals surface area contributed by atoms with Gasteiger partial charge in [0.25, 0.3) is 0 Å². The highest BCUT2D eigenvalue weighted by Gasteiger charge is 2.29. The van der Waals surface area contributed by atoms with Gasteiger partial charge in [0.05, 0.1) is 24.6 Å². The van der Waals surface area contributed by atoms with Crippen molar-refractivity contribution in [2.75, 3.05) is 54.9 Å². The molecule has 10 nitrogen and oxygen atoms in total. The van der Waals surface area contributed by atoms with Crippen LogP contribution >= 0.6 is 0 Å². The van der Waals surface area contributed by atoms with Crippen molar-refractivity contribution >= 4 is 23.4 Å². The number of hydrogen-bond donors (Lipinski definition) is 2. The number of ether oxygens (including phenoxy) is 1. The first-order valence-corrected chi connectivity index (χ1v) is 15.3. The number of anilines is 3. The van der Waals surface area contributed by atoms with Gasteiger partial charge in [0, 0.05) is 80.2 Å². The Labute approximate surface area is 248 Å². The van der Waals surface area contributed by atoms with Crippen molar-refractivity contribution in [1.29, 1.82) is 0 Å². The SMILES string of the molecule is CCN(CC)c1ccc(C(N)CC(=O)CCC2CCCc3c(-c4cnc(N)nc4)nc(N4CCOCC4)nc32)c(C)c1. The van der Waals surface area contributed by atoms with Crippen LogP contribution in [0.25, 0.3) is 11.3 Å². The molecule has 1 aromatic carbocycles. The minimum Gasteiger partial charge on any atom is -0.378 e. The fraction of sp³-hybridized carbons (Fsp3) is 0.531. The van der Waals surface area contributed by atoms with E-state index in [1.165, 1.54) is 5.69 Å². The molecule has 0 spiro atoms. The lowest BCUT2D eigenvalue weighted by Gasteiger charge is -2.31. The second kappa shape index (κ2) is 13.6. The predicted octanol–water partition coefficient (Wildman–Crippen LogP) is 4.37. The van der Waals surface area contributed by atoms with E-state index in [0.717, 1.165) is 85.5 Å². The van der Waals surface area contributed by atoms with Gasteiger partial charge in [-0.2, -0.15) is 0 Å². The molecule has 0 saturated carbocycles. The number of Topliss-reactive ketones (excluding diaryl/α,β-unsaturated/α-hetero) is 1. The van der Waals surface area contributed by atoms with Crippen LogP contribution in [0.4, 0.5) is 17.6 Å². The molecule has 0 bridgehead atoms. The predicted molar refractivity (Wildman–Crippen MR) is 167 cm³/mol. The second-order valence-corrected chi connectivity index (χ2v) is 11.4. The molecule has 1 aliphatic carbocycles. The maximum atomic E-state index is 13.2. The van der Waals surface area contributed by atoms with E-state index in [1.807, 2.05) is 0 Å². The number of aryl methyl sites for hydroxylation is 1. The minimum absolute atomic E-state index is 0.181. The van der Waals surface area contributed by atoms with Gasteiger partial charge in [-0.05, 0) is 69.7 Å². The highest BCUT2D eigenvalue weighted by Crippen LogP contribution is 2.39. The Morgan fingerprint density at radius 2 is 1.88 bits per heavy atom. The number of hydrogen-bond acceptors (Lipinski definition) is 10. The fourth-order valence-corrected chi connectivity index (χ4v) is 6.27. The molecule has 224 valence electrons. The van der Waals surface area contributed by atoms with Gasteiger partial charge in [-0.1, -0.05) is 6.07 Å². The molecular formula is C32H44N8O2. The molecule has 2 atom stereocenters. The number of aromatic nitrogens is 4. The third-order valence-electron chi connectivity index (χ3n) is 8.63. The van der Waals surface area contributed by atoms with Crippen molar-refractivity contribution in [1.82, 2.24) is 19.9 Å². The van der Waals surface area contributed by atoms with Crippen LogP contribution in [0.5, 0.6) is 0 Å². The van der Waals surface area contributed by atoms with E-state index in [0.29, 0.717) is 32.0 Å². The van der Waals surface area contributed by atoms with Crippen LogP contribution in [0, 0.1) is 6.92 Å². The fourth-order valence-electron chi connectivity index (χ4n) is 6.27. The summed E-state index contributed by atoms with van der Waals surface area (Å²) in [4.78, 5) is 36.3. The minimum atomic E-state index is -0.311. The summed E-state index contributed by atoms with van der Waals surface area (Å²) in [6.07, 6.45) is 7.93. The summed E-state index contributed by atoms with van der Waals surface area (Å²) in [6.45, 7) is 11.1. The van der Waals surface area contributed by atoms with Crippen molar-refractivity contribution in [3.8, 4) is 11.3 Å². The summed E-state index contributed by atoms with van der Waals surface area (Å²) >= 11 is 0. The maximum Gasteiger partial charge on any atom is 0.226 e. The molecule has 1 saturated heterocycles. The van der Waals surface area contributed by atoms with Crippen molar-refractivity contribution in [3.05, 3.63) is 53.0 Å². The number of nitrogens with two attached hydrogens (primary N) is 2. The first-order valence-electron chi connectivity index (χ1n) is 15.3. The highest BCUT2D eigenvalue weighted by atomic mass is 16.5. The lowest BCUT2D eigenvalue weighted by atomic mass is 9.81. The van der Waals surface area contributed by atoms with E-state index >= 15 is 0 Å². The van der Waals surface area contributed by atoms with Crippen LogP contribution in [0.3, 0.4) is 0 Å². The number of nitrogens with zero attached hydrogens (tertiary/aromatic N) is 6. The molecule has 0 radical (unpaired) electrons. The van der Waals surface area contributed by atoms with Crippen molar-refractivity contribution in [2.45, 2.75) is 71.3 Å². The van der Waals surface area contributed by atoms with E-state index in [1.54, 1.807) is 12.4 Å². The average Bonchev–Trinajstić information content (AvgIpc) is 3.01. The van der Waals surface area contributed by atoms with E-state index < -0.39 is 0 Å². The van der Waals surface area contributed by atoms with Gasteiger partial charge < -0.3 is 26.0 Å². The van der Waals surface area contributed by atoms with Gasteiger partial charge in [-0.3, -0.25) is 4.79 Å². The van der Waals surface area contributed by atoms with E-state index in [4.69, 9.17) is 26.2 Å². The largest absolute Gasteiger partial charge is 0.378 e. The second-order valence-electron chi connectivity index (χ2n) is 11.4. The van der Waals surface area contributed by atoms with Crippen LogP contribution in [0.2, 0.25) is 0 Å². The number of fused-ring (bicyclic) bond motifs is 1. The molecule has 2 aromatic heterocycles. The zero-order valence-electron chi connectivity index (χ0n) is 25.2. The van der Waals surface area contributed by atoms with Crippen molar-refractivity contribution in [2.24, 2.45) is 5.73 Å². The zero-order valence-corrected chi connectivity index (χ0v) is 25.2. The number of ketones is 1. The van der Waals surface area contributed by atoms with E-state index in [9.17, 15) is 4.79 Å². The van der Waals surface area contributed by atoms with E-state index in [-0.39, 0.29) is 23.7 Å². The van der Waals surface area contributed by atoms with Crippen LogP contribution in [-0.2, 0) is 16.0 Å². The Kier molecular flexibility index (Phi) is 9.64. The molecule has 3 heterocycles. The standard InChI is InChI=1S/C32H44N8O2/c1-4-39(5-2)24-10-12-26(21(3)17-24)28(33)18-25(41)11-9-22-7-6-8-27-29(22)37-32(40-13-15-42-16-14-40)38-30(27)23-19-35-31(34)36-20-23/h10,12,17,19-20,22,28H,4-9,11,13-16,18,33H2,1-3H3,(H2,34,35,36). The highest BCUT2D eigenvalue weighted by molar-refractivity contribution is 5.79. The molecular weight excluding hydrogens is 528 g/mol. The van der Waals surface area contributed by atoms with Crippen molar-refractivity contribution in [3.63, 3.8) is 0 Å². The summed E-state index contributed by atoms with van der Waals surface area (Å²) in [5.74, 6) is 1.31.